The summed E-state index contributed by atoms with van der Waals surface area (Å²) in [5.74, 6) is -0.428. The first kappa shape index (κ1) is 15.2. The van der Waals surface area contributed by atoms with Crippen LogP contribution in [0.25, 0.3) is 22.0 Å². The summed E-state index contributed by atoms with van der Waals surface area (Å²) in [6.07, 6.45) is 3.37. The largest absolute Gasteiger partial charge is 0.296 e. The zero-order valence-corrected chi connectivity index (χ0v) is 13.6. The topological polar surface area (TPSA) is 101 Å². The van der Waals surface area contributed by atoms with E-state index in [0.717, 1.165) is 11.3 Å². The molecule has 0 fully saturated rings. The van der Waals surface area contributed by atoms with Crippen LogP contribution in [0.3, 0.4) is 0 Å². The summed E-state index contributed by atoms with van der Waals surface area (Å²) in [7, 11) is 0. The molecule has 3 heterocycles. The lowest BCUT2D eigenvalue weighted by atomic mass is 10.1. The number of hydrogen-bond donors (Lipinski definition) is 2. The van der Waals surface area contributed by atoms with Crippen molar-refractivity contribution in [2.45, 2.75) is 0 Å². The van der Waals surface area contributed by atoms with Gasteiger partial charge in [0.2, 0.25) is 0 Å². The molecule has 0 unspecified atom stereocenters. The van der Waals surface area contributed by atoms with Crippen LogP contribution in [0.15, 0.2) is 59.0 Å². The Kier molecular flexibility index (Phi) is 3.79. The molecule has 0 saturated carbocycles. The molecule has 0 atom stereocenters. The van der Waals surface area contributed by atoms with Gasteiger partial charge in [-0.3, -0.25) is 19.9 Å². The van der Waals surface area contributed by atoms with Crippen LogP contribution < -0.4 is 10.9 Å². The van der Waals surface area contributed by atoms with Gasteiger partial charge in [0, 0.05) is 28.7 Å². The standard InChI is InChI=1S/C17H11N5O2S/c23-15-12-4-2-1-3-11(12)14(21-22-15)16(24)20-17-19-13(9-25-17)10-5-7-18-8-6-10/h1-9H,(H,22,23)(H,19,20,24). The van der Waals surface area contributed by atoms with E-state index in [1.807, 2.05) is 17.5 Å². The van der Waals surface area contributed by atoms with Crippen molar-refractivity contribution in [3.63, 3.8) is 0 Å². The summed E-state index contributed by atoms with van der Waals surface area (Å²) in [5.41, 5.74) is 1.48. The van der Waals surface area contributed by atoms with Crippen molar-refractivity contribution in [3.8, 4) is 11.3 Å². The van der Waals surface area contributed by atoms with Gasteiger partial charge in [-0.2, -0.15) is 5.10 Å². The number of nitrogens with one attached hydrogen (secondary N) is 2. The first-order valence-corrected chi connectivity index (χ1v) is 8.25. The number of aromatic nitrogens is 4. The van der Waals surface area contributed by atoms with E-state index < -0.39 is 5.91 Å². The number of anilines is 1. The number of nitrogens with zero attached hydrogens (tertiary/aromatic N) is 3. The highest BCUT2D eigenvalue weighted by molar-refractivity contribution is 7.14. The zero-order valence-electron chi connectivity index (χ0n) is 12.8. The van der Waals surface area contributed by atoms with Crippen LogP contribution in [0.2, 0.25) is 0 Å². The quantitative estimate of drug-likeness (QED) is 0.592. The smallest absolute Gasteiger partial charge is 0.278 e. The Morgan fingerprint density at radius 3 is 2.64 bits per heavy atom. The van der Waals surface area contributed by atoms with Crippen molar-refractivity contribution in [1.82, 2.24) is 20.2 Å². The SMILES string of the molecule is O=C(Nc1nc(-c2ccncc2)cs1)c1n[nH]c(=O)c2ccccc12. The fraction of sp³-hybridized carbons (Fsp3) is 0. The monoisotopic (exact) mass is 349 g/mol. The molecule has 4 aromatic rings. The van der Waals surface area contributed by atoms with Crippen molar-refractivity contribution < 1.29 is 4.79 Å². The second-order valence-electron chi connectivity index (χ2n) is 5.17. The number of pyridine rings is 1. The highest BCUT2D eigenvalue weighted by atomic mass is 32.1. The van der Waals surface area contributed by atoms with Crippen LogP contribution >= 0.6 is 11.3 Å². The van der Waals surface area contributed by atoms with E-state index in [2.05, 4.69) is 25.5 Å². The van der Waals surface area contributed by atoms with Crippen molar-refractivity contribution >= 4 is 33.1 Å². The zero-order chi connectivity index (χ0) is 17.2. The lowest BCUT2D eigenvalue weighted by Crippen LogP contribution is -2.19. The molecular formula is C17H11N5O2S. The third-order valence-electron chi connectivity index (χ3n) is 3.61. The number of aromatic amines is 1. The lowest BCUT2D eigenvalue weighted by molar-refractivity contribution is 0.102. The first-order chi connectivity index (χ1) is 12.2. The van der Waals surface area contributed by atoms with Gasteiger partial charge in [-0.15, -0.1) is 11.3 Å². The Morgan fingerprint density at radius 1 is 1.08 bits per heavy atom. The molecule has 2 N–H and O–H groups in total. The Hall–Kier alpha value is -3.39. The molecule has 4 rings (SSSR count). The Morgan fingerprint density at radius 2 is 1.84 bits per heavy atom. The van der Waals surface area contributed by atoms with Crippen LogP contribution in [-0.2, 0) is 0 Å². The highest BCUT2D eigenvalue weighted by Crippen LogP contribution is 2.25. The van der Waals surface area contributed by atoms with Gasteiger partial charge in [0.1, 0.15) is 0 Å². The number of fused-ring (bicyclic) bond motifs is 1. The summed E-state index contributed by atoms with van der Waals surface area (Å²) in [6, 6.07) is 10.5. The minimum absolute atomic E-state index is 0.149. The predicted octanol–water partition coefficient (Wildman–Crippen LogP) is 2.69. The molecule has 1 amide bonds. The molecule has 8 heteroatoms. The van der Waals surface area contributed by atoms with Gasteiger partial charge < -0.3 is 0 Å². The van der Waals surface area contributed by atoms with Gasteiger partial charge in [-0.25, -0.2) is 10.1 Å². The van der Waals surface area contributed by atoms with Crippen molar-refractivity contribution in [2.24, 2.45) is 0 Å². The maximum Gasteiger partial charge on any atom is 0.278 e. The number of hydrogen-bond acceptors (Lipinski definition) is 6. The number of H-pyrrole nitrogens is 1. The van der Waals surface area contributed by atoms with E-state index in [9.17, 15) is 9.59 Å². The van der Waals surface area contributed by atoms with Crippen molar-refractivity contribution in [1.29, 1.82) is 0 Å². The average Bonchev–Trinajstić information content (AvgIpc) is 3.11. The molecule has 122 valence electrons. The van der Waals surface area contributed by atoms with Gasteiger partial charge in [0.05, 0.1) is 11.1 Å². The minimum atomic E-state index is -0.428. The van der Waals surface area contributed by atoms with Gasteiger partial charge in [-0.05, 0) is 18.2 Å². The van der Waals surface area contributed by atoms with Gasteiger partial charge in [-0.1, -0.05) is 18.2 Å². The molecule has 0 aliphatic rings. The molecule has 0 radical (unpaired) electrons. The molecule has 0 spiro atoms. The molecule has 7 nitrogen and oxygen atoms in total. The molecule has 0 saturated heterocycles. The molecule has 3 aromatic heterocycles. The highest BCUT2D eigenvalue weighted by Gasteiger charge is 2.15. The number of carbonyl (C=O) groups is 1. The average molecular weight is 349 g/mol. The second-order valence-corrected chi connectivity index (χ2v) is 6.03. The van der Waals surface area contributed by atoms with E-state index in [0.29, 0.717) is 15.9 Å². The summed E-state index contributed by atoms with van der Waals surface area (Å²) in [5, 5.41) is 12.2. The van der Waals surface area contributed by atoms with E-state index >= 15 is 0 Å². The number of benzene rings is 1. The maximum absolute atomic E-state index is 12.5. The van der Waals surface area contributed by atoms with Crippen LogP contribution in [-0.4, -0.2) is 26.1 Å². The van der Waals surface area contributed by atoms with Crippen molar-refractivity contribution in [2.75, 3.05) is 5.32 Å². The molecule has 25 heavy (non-hydrogen) atoms. The van der Waals surface area contributed by atoms with E-state index in [-0.39, 0.29) is 11.3 Å². The number of rotatable bonds is 3. The minimum Gasteiger partial charge on any atom is -0.296 e. The fourth-order valence-corrected chi connectivity index (χ4v) is 3.15. The Labute approximate surface area is 145 Å². The van der Waals surface area contributed by atoms with Crippen molar-refractivity contribution in [3.05, 3.63) is 70.2 Å². The molecule has 0 aliphatic carbocycles. The first-order valence-electron chi connectivity index (χ1n) is 7.37. The van der Waals surface area contributed by atoms with Crippen LogP contribution in [0.5, 0.6) is 0 Å². The normalized spacial score (nSPS) is 10.7. The maximum atomic E-state index is 12.5. The summed E-state index contributed by atoms with van der Waals surface area (Å²) < 4.78 is 0. The van der Waals surface area contributed by atoms with E-state index in [1.54, 1.807) is 36.7 Å². The van der Waals surface area contributed by atoms with Gasteiger partial charge in [0.25, 0.3) is 11.5 Å². The number of carbonyl (C=O) groups excluding carboxylic acids is 1. The second kappa shape index (κ2) is 6.25. The number of thiazole rings is 1. The van der Waals surface area contributed by atoms with Crippen LogP contribution in [0.1, 0.15) is 10.5 Å². The van der Waals surface area contributed by atoms with Crippen LogP contribution in [0, 0.1) is 0 Å². The summed E-state index contributed by atoms with van der Waals surface area (Å²) in [6.45, 7) is 0. The molecule has 0 bridgehead atoms. The van der Waals surface area contributed by atoms with E-state index in [4.69, 9.17) is 0 Å². The number of amides is 1. The third-order valence-corrected chi connectivity index (χ3v) is 4.37. The van der Waals surface area contributed by atoms with Crippen LogP contribution in [0.4, 0.5) is 5.13 Å². The van der Waals surface area contributed by atoms with Gasteiger partial charge in [0.15, 0.2) is 10.8 Å². The predicted molar refractivity (Wildman–Crippen MR) is 95.7 cm³/mol. The van der Waals surface area contributed by atoms with Gasteiger partial charge >= 0.3 is 0 Å². The molecular weight excluding hydrogens is 338 g/mol. The molecule has 1 aromatic carbocycles. The summed E-state index contributed by atoms with van der Waals surface area (Å²) >= 11 is 1.31. The fourth-order valence-electron chi connectivity index (χ4n) is 2.43. The lowest BCUT2D eigenvalue weighted by Gasteiger charge is -2.04. The summed E-state index contributed by atoms with van der Waals surface area (Å²) in [4.78, 5) is 32.7. The van der Waals surface area contributed by atoms with E-state index in [1.165, 1.54) is 11.3 Å². The Bertz CT molecular complexity index is 1120. The molecule has 0 aliphatic heterocycles. The Balaban J connectivity index is 1.64. The third kappa shape index (κ3) is 2.90.